The summed E-state index contributed by atoms with van der Waals surface area (Å²) in [5.41, 5.74) is 1.98. The standard InChI is InChI=1S/C16H12BrF3N2O2/c17-12-6-11-9-22(15(23)14(11)21-7-12)8-10-2-1-3-13(5-4-10)24-16(18,19)20/h2-7H,1,8-9H2. The molecule has 126 valence electrons. The van der Waals surface area contributed by atoms with Crippen LogP contribution in [-0.4, -0.2) is 28.7 Å². The molecule has 2 aliphatic rings. The van der Waals surface area contributed by atoms with Crippen LogP contribution in [0, 0.1) is 0 Å². The first-order chi connectivity index (χ1) is 11.3. The van der Waals surface area contributed by atoms with Crippen LogP contribution in [0.4, 0.5) is 13.2 Å². The zero-order chi connectivity index (χ0) is 17.3. The third-order valence-corrected chi connectivity index (χ3v) is 3.99. The van der Waals surface area contributed by atoms with Crippen LogP contribution in [-0.2, 0) is 11.3 Å². The molecule has 0 unspecified atom stereocenters. The minimum Gasteiger partial charge on any atom is -0.406 e. The number of carbonyl (C=O) groups excluding carboxylic acids is 1. The van der Waals surface area contributed by atoms with Gasteiger partial charge in [0.1, 0.15) is 11.5 Å². The number of allylic oxidation sites excluding steroid dienone is 3. The van der Waals surface area contributed by atoms with E-state index in [1.807, 2.05) is 6.07 Å². The molecule has 0 saturated heterocycles. The second-order valence-electron chi connectivity index (χ2n) is 5.32. The highest BCUT2D eigenvalue weighted by atomic mass is 79.9. The normalized spacial score (nSPS) is 17.3. The van der Waals surface area contributed by atoms with Gasteiger partial charge in [0.05, 0.1) is 0 Å². The van der Waals surface area contributed by atoms with Gasteiger partial charge >= 0.3 is 6.36 Å². The van der Waals surface area contributed by atoms with Crippen molar-refractivity contribution in [2.45, 2.75) is 19.3 Å². The molecule has 0 radical (unpaired) electrons. The molecule has 0 saturated carbocycles. The number of hydrogen-bond acceptors (Lipinski definition) is 3. The fourth-order valence-corrected chi connectivity index (χ4v) is 2.93. The molecule has 1 aromatic rings. The first-order valence-corrected chi connectivity index (χ1v) is 7.88. The van der Waals surface area contributed by atoms with E-state index in [-0.39, 0.29) is 11.7 Å². The van der Waals surface area contributed by atoms with E-state index in [0.717, 1.165) is 15.6 Å². The fraction of sp³-hybridized carbons (Fsp3) is 0.250. The molecule has 0 spiro atoms. The number of pyridine rings is 1. The van der Waals surface area contributed by atoms with E-state index >= 15 is 0 Å². The number of aromatic nitrogens is 1. The maximum absolute atomic E-state index is 12.3. The van der Waals surface area contributed by atoms with E-state index in [2.05, 4.69) is 25.7 Å². The Kier molecular flexibility index (Phi) is 4.49. The van der Waals surface area contributed by atoms with Gasteiger partial charge in [-0.2, -0.15) is 0 Å². The van der Waals surface area contributed by atoms with Crippen molar-refractivity contribution >= 4 is 21.8 Å². The maximum Gasteiger partial charge on any atom is 0.573 e. The van der Waals surface area contributed by atoms with E-state index in [1.165, 1.54) is 18.2 Å². The average molecular weight is 401 g/mol. The van der Waals surface area contributed by atoms with E-state index in [4.69, 9.17) is 0 Å². The first-order valence-electron chi connectivity index (χ1n) is 7.08. The monoisotopic (exact) mass is 400 g/mol. The number of nitrogens with zero attached hydrogens (tertiary/aromatic N) is 2. The highest BCUT2D eigenvalue weighted by molar-refractivity contribution is 9.10. The fourth-order valence-electron chi connectivity index (χ4n) is 2.55. The second kappa shape index (κ2) is 6.43. The van der Waals surface area contributed by atoms with E-state index in [1.54, 1.807) is 17.2 Å². The van der Waals surface area contributed by atoms with Gasteiger partial charge in [0, 0.05) is 29.3 Å². The molecule has 1 amide bonds. The summed E-state index contributed by atoms with van der Waals surface area (Å²) in [6.45, 7) is 0.724. The minimum absolute atomic E-state index is 0.184. The largest absolute Gasteiger partial charge is 0.573 e. The Morgan fingerprint density at radius 2 is 2.08 bits per heavy atom. The van der Waals surface area contributed by atoms with Gasteiger partial charge in [-0.25, -0.2) is 4.98 Å². The smallest absolute Gasteiger partial charge is 0.406 e. The minimum atomic E-state index is -4.72. The van der Waals surface area contributed by atoms with Crippen molar-refractivity contribution in [3.63, 3.8) is 0 Å². The Hall–Kier alpha value is -2.09. The van der Waals surface area contributed by atoms with Crippen molar-refractivity contribution in [2.24, 2.45) is 0 Å². The van der Waals surface area contributed by atoms with Crippen LogP contribution in [0.5, 0.6) is 0 Å². The summed E-state index contributed by atoms with van der Waals surface area (Å²) in [6, 6.07) is 1.84. The molecule has 0 atom stereocenters. The molecule has 2 heterocycles. The predicted octanol–water partition coefficient (Wildman–Crippen LogP) is 4.11. The highest BCUT2D eigenvalue weighted by Gasteiger charge is 2.32. The molecule has 0 N–H and O–H groups in total. The summed E-state index contributed by atoms with van der Waals surface area (Å²) in [7, 11) is 0. The summed E-state index contributed by atoms with van der Waals surface area (Å²) in [5.74, 6) is -0.439. The number of hydrogen-bond donors (Lipinski definition) is 0. The van der Waals surface area contributed by atoms with Crippen LogP contribution in [0.2, 0.25) is 0 Å². The molecule has 3 rings (SSSR count). The summed E-state index contributed by atoms with van der Waals surface area (Å²) >= 11 is 3.32. The van der Waals surface area contributed by atoms with Crippen LogP contribution >= 0.6 is 15.9 Å². The third kappa shape index (κ3) is 3.87. The van der Waals surface area contributed by atoms with Gasteiger partial charge in [0.25, 0.3) is 5.91 Å². The zero-order valence-corrected chi connectivity index (χ0v) is 13.9. The molecule has 1 aliphatic heterocycles. The van der Waals surface area contributed by atoms with Gasteiger partial charge < -0.3 is 9.64 Å². The van der Waals surface area contributed by atoms with Gasteiger partial charge in [0.2, 0.25) is 0 Å². The number of rotatable bonds is 3. The van der Waals surface area contributed by atoms with Crippen molar-refractivity contribution in [1.82, 2.24) is 9.88 Å². The SMILES string of the molecule is O=C1c2ncc(Br)cc2CN1CC1=CCC=C(OC(F)(F)F)C=C1. The van der Waals surface area contributed by atoms with Gasteiger partial charge in [-0.15, -0.1) is 13.2 Å². The molecule has 0 fully saturated rings. The summed E-state index contributed by atoms with van der Waals surface area (Å²) in [4.78, 5) is 18.1. The van der Waals surface area contributed by atoms with Gasteiger partial charge in [-0.3, -0.25) is 4.79 Å². The molecular weight excluding hydrogens is 389 g/mol. The zero-order valence-electron chi connectivity index (χ0n) is 12.3. The number of ether oxygens (including phenoxy) is 1. The van der Waals surface area contributed by atoms with Crippen LogP contribution in [0.1, 0.15) is 22.5 Å². The molecule has 1 aromatic heterocycles. The maximum atomic E-state index is 12.3. The summed E-state index contributed by atoms with van der Waals surface area (Å²) < 4.78 is 41.5. The lowest BCUT2D eigenvalue weighted by molar-refractivity contribution is -0.303. The van der Waals surface area contributed by atoms with Crippen LogP contribution in [0.15, 0.2) is 52.4 Å². The lowest BCUT2D eigenvalue weighted by Gasteiger charge is -2.15. The van der Waals surface area contributed by atoms with E-state index < -0.39 is 6.36 Å². The van der Waals surface area contributed by atoms with Crippen molar-refractivity contribution in [2.75, 3.05) is 6.54 Å². The molecule has 0 aromatic carbocycles. The highest BCUT2D eigenvalue weighted by Crippen LogP contribution is 2.26. The number of carbonyl (C=O) groups is 1. The molecule has 1 aliphatic carbocycles. The Bertz CT molecular complexity index is 769. The van der Waals surface area contributed by atoms with Crippen molar-refractivity contribution in [1.29, 1.82) is 0 Å². The Morgan fingerprint density at radius 1 is 1.29 bits per heavy atom. The van der Waals surface area contributed by atoms with Crippen molar-refractivity contribution < 1.29 is 22.7 Å². The predicted molar refractivity (Wildman–Crippen MR) is 83.7 cm³/mol. The lowest BCUT2D eigenvalue weighted by atomic mass is 10.2. The summed E-state index contributed by atoms with van der Waals surface area (Å²) in [5, 5.41) is 0. The molecule has 24 heavy (non-hydrogen) atoms. The number of alkyl halides is 3. The van der Waals surface area contributed by atoms with Crippen molar-refractivity contribution in [3.05, 3.63) is 63.6 Å². The number of amides is 1. The molecule has 4 nitrogen and oxygen atoms in total. The number of fused-ring (bicyclic) bond motifs is 1. The average Bonchev–Trinajstić information content (AvgIpc) is 2.65. The third-order valence-electron chi connectivity index (χ3n) is 3.55. The molecular formula is C16H12BrF3N2O2. The van der Waals surface area contributed by atoms with Gasteiger partial charge in [0.15, 0.2) is 0 Å². The number of halogens is 4. The second-order valence-corrected chi connectivity index (χ2v) is 6.24. The lowest BCUT2D eigenvalue weighted by Crippen LogP contribution is -2.26. The first kappa shape index (κ1) is 16.8. The van der Waals surface area contributed by atoms with Crippen LogP contribution in [0.25, 0.3) is 0 Å². The van der Waals surface area contributed by atoms with E-state index in [0.29, 0.717) is 25.2 Å². The van der Waals surface area contributed by atoms with Gasteiger partial charge in [-0.05, 0) is 46.1 Å². The quantitative estimate of drug-likeness (QED) is 0.766. The Morgan fingerprint density at radius 3 is 2.83 bits per heavy atom. The van der Waals surface area contributed by atoms with Crippen LogP contribution in [0.3, 0.4) is 0 Å². The summed E-state index contributed by atoms with van der Waals surface area (Å²) in [6.07, 6.45) is 3.05. The molecule has 8 heteroatoms. The van der Waals surface area contributed by atoms with Gasteiger partial charge in [-0.1, -0.05) is 12.2 Å². The van der Waals surface area contributed by atoms with Crippen LogP contribution < -0.4 is 0 Å². The Balaban J connectivity index is 1.67. The Labute approximate surface area is 144 Å². The molecule has 0 bridgehead atoms. The van der Waals surface area contributed by atoms with Crippen molar-refractivity contribution in [3.8, 4) is 0 Å². The topological polar surface area (TPSA) is 42.4 Å². The van der Waals surface area contributed by atoms with E-state index in [9.17, 15) is 18.0 Å².